The summed E-state index contributed by atoms with van der Waals surface area (Å²) in [4.78, 5) is 58.3. The van der Waals surface area contributed by atoms with Gasteiger partial charge in [0.1, 0.15) is 12.1 Å². The van der Waals surface area contributed by atoms with Crippen LogP contribution in [0.5, 0.6) is 0 Å². The molecule has 1 spiro atoms. The van der Waals surface area contributed by atoms with Gasteiger partial charge in [-0.2, -0.15) is 0 Å². The number of carbonyl (C=O) groups is 4. The van der Waals surface area contributed by atoms with Gasteiger partial charge in [0.15, 0.2) is 5.13 Å². The molecule has 9 nitrogen and oxygen atoms in total. The van der Waals surface area contributed by atoms with Gasteiger partial charge in [-0.1, -0.05) is 20.8 Å². The van der Waals surface area contributed by atoms with Crippen LogP contribution in [0.3, 0.4) is 0 Å². The predicted octanol–water partition coefficient (Wildman–Crippen LogP) is 2.46. The molecule has 4 rings (SSSR count). The molecule has 32 heavy (non-hydrogen) atoms. The maximum Gasteiger partial charge on any atom is 0.325 e. The van der Waals surface area contributed by atoms with Crippen molar-refractivity contribution in [2.45, 2.75) is 58.4 Å². The highest BCUT2D eigenvalue weighted by atomic mass is 32.1. The SMILES string of the molecule is CC1CC(C)(C)CC2(C1)NC(=O)N(CC(=O)N1CCCC(C(=O)Nc3nccs3)C1)C2=O. The molecule has 1 saturated carbocycles. The Kier molecular flexibility index (Phi) is 6.00. The first kappa shape index (κ1) is 22.7. The number of urea groups is 1. The Balaban J connectivity index is 1.39. The van der Waals surface area contributed by atoms with Crippen LogP contribution < -0.4 is 10.6 Å². The average Bonchev–Trinajstić information content (AvgIpc) is 3.29. The van der Waals surface area contributed by atoms with Crippen LogP contribution in [0.1, 0.15) is 52.9 Å². The number of aromatic nitrogens is 1. The number of likely N-dealkylation sites (tertiary alicyclic amines) is 1. The molecule has 0 bridgehead atoms. The molecule has 3 fully saturated rings. The van der Waals surface area contributed by atoms with Crippen molar-refractivity contribution in [2.24, 2.45) is 17.3 Å². The highest BCUT2D eigenvalue weighted by Crippen LogP contribution is 2.46. The molecule has 0 aromatic carbocycles. The van der Waals surface area contributed by atoms with E-state index in [0.29, 0.717) is 43.3 Å². The maximum absolute atomic E-state index is 13.3. The molecule has 3 atom stereocenters. The van der Waals surface area contributed by atoms with E-state index >= 15 is 0 Å². The number of piperidine rings is 1. The Bertz CT molecular complexity index is 917. The largest absolute Gasteiger partial charge is 0.340 e. The summed E-state index contributed by atoms with van der Waals surface area (Å²) in [5.74, 6) is -0.806. The minimum atomic E-state index is -0.920. The fraction of sp³-hybridized carbons (Fsp3) is 0.682. The number of imide groups is 1. The van der Waals surface area contributed by atoms with Crippen molar-refractivity contribution >= 4 is 40.2 Å². The van der Waals surface area contributed by atoms with Crippen LogP contribution in [0.4, 0.5) is 9.93 Å². The third kappa shape index (κ3) is 4.51. The Labute approximate surface area is 191 Å². The van der Waals surface area contributed by atoms with E-state index in [9.17, 15) is 19.2 Å². The molecule has 10 heteroatoms. The summed E-state index contributed by atoms with van der Waals surface area (Å²) >= 11 is 1.34. The molecule has 1 aliphatic carbocycles. The van der Waals surface area contributed by atoms with Gasteiger partial charge in [0, 0.05) is 24.7 Å². The zero-order valence-corrected chi connectivity index (χ0v) is 19.7. The second-order valence-electron chi connectivity index (χ2n) is 10.3. The molecule has 1 aromatic heterocycles. The van der Waals surface area contributed by atoms with Crippen LogP contribution in [-0.4, -0.2) is 63.7 Å². The van der Waals surface area contributed by atoms with Crippen LogP contribution in [0.15, 0.2) is 11.6 Å². The van der Waals surface area contributed by atoms with Gasteiger partial charge in [0.25, 0.3) is 5.91 Å². The number of hydrogen-bond donors (Lipinski definition) is 2. The summed E-state index contributed by atoms with van der Waals surface area (Å²) < 4.78 is 0. The Morgan fingerprint density at radius 1 is 1.31 bits per heavy atom. The molecule has 1 aromatic rings. The molecule has 2 N–H and O–H groups in total. The second-order valence-corrected chi connectivity index (χ2v) is 11.2. The Hall–Kier alpha value is -2.49. The van der Waals surface area contributed by atoms with Gasteiger partial charge >= 0.3 is 6.03 Å². The fourth-order valence-electron chi connectivity index (χ4n) is 5.80. The second kappa shape index (κ2) is 8.46. The molecule has 3 unspecified atom stereocenters. The lowest BCUT2D eigenvalue weighted by Crippen LogP contribution is -2.54. The van der Waals surface area contributed by atoms with Gasteiger partial charge in [-0.3, -0.25) is 19.3 Å². The van der Waals surface area contributed by atoms with Crippen molar-refractivity contribution in [3.05, 3.63) is 11.6 Å². The number of anilines is 1. The van der Waals surface area contributed by atoms with Crippen LogP contribution in [0.25, 0.3) is 0 Å². The van der Waals surface area contributed by atoms with Crippen LogP contribution in [-0.2, 0) is 14.4 Å². The summed E-state index contributed by atoms with van der Waals surface area (Å²) in [5, 5.41) is 8.02. The number of carbonyl (C=O) groups excluding carboxylic acids is 4. The topological polar surface area (TPSA) is 112 Å². The van der Waals surface area contributed by atoms with E-state index in [1.807, 2.05) is 0 Å². The zero-order valence-electron chi connectivity index (χ0n) is 18.8. The molecule has 174 valence electrons. The number of rotatable bonds is 4. The lowest BCUT2D eigenvalue weighted by molar-refractivity contribution is -0.142. The zero-order chi connectivity index (χ0) is 23.1. The lowest BCUT2D eigenvalue weighted by atomic mass is 9.64. The van der Waals surface area contributed by atoms with Crippen molar-refractivity contribution in [3.63, 3.8) is 0 Å². The van der Waals surface area contributed by atoms with Crippen LogP contribution in [0.2, 0.25) is 0 Å². The summed E-state index contributed by atoms with van der Waals surface area (Å²) in [6.45, 7) is 6.82. The van der Waals surface area contributed by atoms with Crippen molar-refractivity contribution < 1.29 is 19.2 Å². The monoisotopic (exact) mass is 461 g/mol. The van der Waals surface area contributed by atoms with Gasteiger partial charge in [0.05, 0.1) is 5.92 Å². The van der Waals surface area contributed by atoms with E-state index < -0.39 is 11.6 Å². The van der Waals surface area contributed by atoms with Crippen LogP contribution >= 0.6 is 11.3 Å². The summed E-state index contributed by atoms with van der Waals surface area (Å²) in [5.41, 5.74) is -0.984. The average molecular weight is 462 g/mol. The number of nitrogens with zero attached hydrogens (tertiary/aromatic N) is 3. The van der Waals surface area contributed by atoms with E-state index in [1.165, 1.54) is 11.3 Å². The van der Waals surface area contributed by atoms with E-state index in [0.717, 1.165) is 11.3 Å². The molecule has 2 aliphatic heterocycles. The molecule has 2 saturated heterocycles. The molecule has 5 amide bonds. The number of hydrogen-bond acceptors (Lipinski definition) is 6. The first-order valence-corrected chi connectivity index (χ1v) is 12.1. The minimum Gasteiger partial charge on any atom is -0.340 e. The third-order valence-corrected chi connectivity index (χ3v) is 7.41. The molecular formula is C22H31N5O4S. The van der Waals surface area contributed by atoms with E-state index in [2.05, 4.69) is 36.4 Å². The minimum absolute atomic E-state index is 0.0640. The standard InChI is InChI=1S/C22H31N5O4S/c1-14-9-21(2,3)13-22(10-14)18(30)27(20(31)25-22)12-16(28)26-7-4-5-15(11-26)17(29)24-19-23-6-8-32-19/h6,8,14-15H,4-5,7,9-13H2,1-3H3,(H,25,31)(H,23,24,29). The predicted molar refractivity (Wildman–Crippen MR) is 120 cm³/mol. The smallest absolute Gasteiger partial charge is 0.325 e. The Morgan fingerprint density at radius 3 is 2.78 bits per heavy atom. The van der Waals surface area contributed by atoms with Gasteiger partial charge in [-0.05, 0) is 43.4 Å². The summed E-state index contributed by atoms with van der Waals surface area (Å²) in [6.07, 6.45) is 5.15. The summed E-state index contributed by atoms with van der Waals surface area (Å²) in [7, 11) is 0. The summed E-state index contributed by atoms with van der Waals surface area (Å²) in [6, 6.07) is -0.497. The normalized spacial score (nSPS) is 29.8. The van der Waals surface area contributed by atoms with Crippen LogP contribution in [0, 0.1) is 17.3 Å². The number of amides is 5. The first-order chi connectivity index (χ1) is 15.1. The highest BCUT2D eigenvalue weighted by molar-refractivity contribution is 7.13. The van der Waals surface area contributed by atoms with Crippen molar-refractivity contribution in [1.82, 2.24) is 20.1 Å². The lowest BCUT2D eigenvalue weighted by Gasteiger charge is -2.43. The maximum atomic E-state index is 13.3. The van der Waals surface area contributed by atoms with E-state index in [-0.39, 0.29) is 42.1 Å². The molecule has 3 heterocycles. The highest BCUT2D eigenvalue weighted by Gasteiger charge is 2.56. The molecular weight excluding hydrogens is 430 g/mol. The van der Waals surface area contributed by atoms with Gasteiger partial charge < -0.3 is 15.5 Å². The van der Waals surface area contributed by atoms with E-state index in [4.69, 9.17) is 0 Å². The molecule has 3 aliphatic rings. The van der Waals surface area contributed by atoms with E-state index in [1.54, 1.807) is 16.5 Å². The number of thiazole rings is 1. The number of nitrogens with one attached hydrogen (secondary N) is 2. The quantitative estimate of drug-likeness (QED) is 0.669. The fourth-order valence-corrected chi connectivity index (χ4v) is 6.33. The van der Waals surface area contributed by atoms with Crippen molar-refractivity contribution in [1.29, 1.82) is 0 Å². The molecule has 0 radical (unpaired) electrons. The van der Waals surface area contributed by atoms with Gasteiger partial charge in [-0.25, -0.2) is 9.78 Å². The van der Waals surface area contributed by atoms with Gasteiger partial charge in [-0.15, -0.1) is 11.3 Å². The van der Waals surface area contributed by atoms with Crippen molar-refractivity contribution in [3.8, 4) is 0 Å². The first-order valence-electron chi connectivity index (χ1n) is 11.2. The third-order valence-electron chi connectivity index (χ3n) is 6.72. The Morgan fingerprint density at radius 2 is 2.09 bits per heavy atom. The van der Waals surface area contributed by atoms with Crippen molar-refractivity contribution in [2.75, 3.05) is 25.0 Å². The van der Waals surface area contributed by atoms with Gasteiger partial charge in [0.2, 0.25) is 11.8 Å².